The van der Waals surface area contributed by atoms with Gasteiger partial charge < -0.3 is 4.90 Å². The molecule has 0 rings (SSSR count). The number of Topliss-reactive ketones (excluding diaryl/α,β-unsaturated/α-hetero) is 1. The molecule has 0 N–H and O–H groups in total. The van der Waals surface area contributed by atoms with Gasteiger partial charge in [0.15, 0.2) is 5.78 Å². The summed E-state index contributed by atoms with van der Waals surface area (Å²) in [6.07, 6.45) is 0. The van der Waals surface area contributed by atoms with Crippen molar-refractivity contribution in [3.63, 3.8) is 0 Å². The predicted molar refractivity (Wildman–Crippen MR) is 34.2 cm³/mol. The van der Waals surface area contributed by atoms with Crippen molar-refractivity contribution in [2.45, 2.75) is 12.8 Å². The molecule has 0 bridgehead atoms. The zero-order valence-corrected chi connectivity index (χ0v) is 6.32. The lowest BCUT2D eigenvalue weighted by atomic mass is 10.2. The summed E-state index contributed by atoms with van der Waals surface area (Å²) in [5.74, 6) is -4.27. The summed E-state index contributed by atoms with van der Waals surface area (Å²) in [6.45, 7) is 0.381. The van der Waals surface area contributed by atoms with E-state index in [1.165, 1.54) is 19.0 Å². The topological polar surface area (TPSA) is 20.3 Å². The maximum atomic E-state index is 12.4. The largest absolute Gasteiger partial charge is 0.317 e. The second kappa shape index (κ2) is 3.05. The summed E-state index contributed by atoms with van der Waals surface area (Å²) in [5.41, 5.74) is 0. The van der Waals surface area contributed by atoms with Crippen LogP contribution in [0.4, 0.5) is 8.78 Å². The standard InChI is InChI=1S/C6H11F2NO/c1-5(10)6(7,8)4-9(2)3/h4H2,1-3H3. The third kappa shape index (κ3) is 2.87. The highest BCUT2D eigenvalue weighted by molar-refractivity contribution is 5.83. The molecular weight excluding hydrogens is 140 g/mol. The Balaban J connectivity index is 4.00. The van der Waals surface area contributed by atoms with Crippen molar-refractivity contribution >= 4 is 5.78 Å². The fourth-order valence-corrected chi connectivity index (χ4v) is 0.508. The summed E-state index contributed by atoms with van der Waals surface area (Å²) in [4.78, 5) is 11.5. The summed E-state index contributed by atoms with van der Waals surface area (Å²) in [5, 5.41) is 0. The van der Waals surface area contributed by atoms with Crippen molar-refractivity contribution in [3.8, 4) is 0 Å². The number of rotatable bonds is 3. The van der Waals surface area contributed by atoms with Gasteiger partial charge in [0, 0.05) is 6.92 Å². The van der Waals surface area contributed by atoms with E-state index in [0.717, 1.165) is 6.92 Å². The van der Waals surface area contributed by atoms with Crippen molar-refractivity contribution in [1.82, 2.24) is 4.90 Å². The van der Waals surface area contributed by atoms with Gasteiger partial charge in [-0.25, -0.2) is 0 Å². The molecule has 0 aliphatic carbocycles. The molecule has 0 fully saturated rings. The van der Waals surface area contributed by atoms with Crippen LogP contribution >= 0.6 is 0 Å². The Morgan fingerprint density at radius 2 is 1.90 bits per heavy atom. The van der Waals surface area contributed by atoms with Crippen LogP contribution in [-0.4, -0.2) is 37.2 Å². The van der Waals surface area contributed by atoms with Crippen LogP contribution in [0.3, 0.4) is 0 Å². The Hall–Kier alpha value is -0.510. The van der Waals surface area contributed by atoms with Crippen LogP contribution in [0.1, 0.15) is 6.92 Å². The molecule has 60 valence electrons. The smallest absolute Gasteiger partial charge is 0.303 e. The third-order valence-electron chi connectivity index (χ3n) is 1.03. The number of alkyl halides is 2. The number of nitrogens with zero attached hydrogens (tertiary/aromatic N) is 1. The van der Waals surface area contributed by atoms with Gasteiger partial charge in [0.05, 0.1) is 6.54 Å². The molecule has 0 aliphatic heterocycles. The van der Waals surface area contributed by atoms with Gasteiger partial charge in [0.25, 0.3) is 0 Å². The first kappa shape index (κ1) is 9.49. The number of ketones is 1. The van der Waals surface area contributed by atoms with Crippen LogP contribution in [0.5, 0.6) is 0 Å². The highest BCUT2D eigenvalue weighted by Crippen LogP contribution is 2.14. The number of hydrogen-bond acceptors (Lipinski definition) is 2. The van der Waals surface area contributed by atoms with Crippen molar-refractivity contribution in [2.75, 3.05) is 20.6 Å². The van der Waals surface area contributed by atoms with Crippen LogP contribution in [0, 0.1) is 0 Å². The Morgan fingerprint density at radius 3 is 2.00 bits per heavy atom. The zero-order chi connectivity index (χ0) is 8.36. The molecule has 2 nitrogen and oxygen atoms in total. The summed E-state index contributed by atoms with van der Waals surface area (Å²) >= 11 is 0. The minimum atomic E-state index is -3.19. The Labute approximate surface area is 58.8 Å². The molecular formula is C6H11F2NO. The average molecular weight is 151 g/mol. The molecule has 0 atom stereocenters. The summed E-state index contributed by atoms with van der Waals surface area (Å²) in [7, 11) is 2.99. The third-order valence-corrected chi connectivity index (χ3v) is 1.03. The first-order valence-electron chi connectivity index (χ1n) is 2.90. The number of hydrogen-bond donors (Lipinski definition) is 0. The van der Waals surface area contributed by atoms with Gasteiger partial charge in [-0.05, 0) is 14.1 Å². The van der Waals surface area contributed by atoms with Crippen LogP contribution < -0.4 is 0 Å². The number of halogens is 2. The van der Waals surface area contributed by atoms with Gasteiger partial charge in [0.2, 0.25) is 0 Å². The maximum absolute atomic E-state index is 12.4. The van der Waals surface area contributed by atoms with Crippen molar-refractivity contribution in [3.05, 3.63) is 0 Å². The second-order valence-corrected chi connectivity index (χ2v) is 2.50. The SMILES string of the molecule is CC(=O)C(F)(F)CN(C)C. The fourth-order valence-electron chi connectivity index (χ4n) is 0.508. The van der Waals surface area contributed by atoms with E-state index in [1.54, 1.807) is 0 Å². The van der Waals surface area contributed by atoms with Gasteiger partial charge >= 0.3 is 5.92 Å². The van der Waals surface area contributed by atoms with Crippen LogP contribution in [-0.2, 0) is 4.79 Å². The van der Waals surface area contributed by atoms with Gasteiger partial charge in [-0.3, -0.25) is 4.79 Å². The number of carbonyl (C=O) groups is 1. The van der Waals surface area contributed by atoms with E-state index in [9.17, 15) is 13.6 Å². The van der Waals surface area contributed by atoms with E-state index in [-0.39, 0.29) is 0 Å². The highest BCUT2D eigenvalue weighted by atomic mass is 19.3. The lowest BCUT2D eigenvalue weighted by molar-refractivity contribution is -0.142. The van der Waals surface area contributed by atoms with E-state index in [0.29, 0.717) is 0 Å². The number of carbonyl (C=O) groups excluding carboxylic acids is 1. The molecule has 10 heavy (non-hydrogen) atoms. The molecule has 0 aromatic heterocycles. The molecule has 0 radical (unpaired) electrons. The lowest BCUT2D eigenvalue weighted by Gasteiger charge is -2.17. The van der Waals surface area contributed by atoms with Crippen molar-refractivity contribution in [2.24, 2.45) is 0 Å². The van der Waals surface area contributed by atoms with Crippen molar-refractivity contribution in [1.29, 1.82) is 0 Å². The van der Waals surface area contributed by atoms with Gasteiger partial charge in [-0.15, -0.1) is 0 Å². The van der Waals surface area contributed by atoms with E-state index in [1.807, 2.05) is 0 Å². The maximum Gasteiger partial charge on any atom is 0.317 e. The minimum Gasteiger partial charge on any atom is -0.303 e. The first-order valence-corrected chi connectivity index (χ1v) is 2.90. The van der Waals surface area contributed by atoms with Gasteiger partial charge in [0.1, 0.15) is 0 Å². The minimum absolute atomic E-state index is 0.512. The summed E-state index contributed by atoms with van der Waals surface area (Å²) < 4.78 is 24.8. The Kier molecular flexibility index (Phi) is 2.90. The van der Waals surface area contributed by atoms with Crippen LogP contribution in [0.15, 0.2) is 0 Å². The van der Waals surface area contributed by atoms with E-state index >= 15 is 0 Å². The summed E-state index contributed by atoms with van der Waals surface area (Å²) in [6, 6.07) is 0. The molecule has 0 heterocycles. The van der Waals surface area contributed by atoms with Gasteiger partial charge in [-0.1, -0.05) is 0 Å². The molecule has 0 aromatic rings. The van der Waals surface area contributed by atoms with Gasteiger partial charge in [-0.2, -0.15) is 8.78 Å². The van der Waals surface area contributed by atoms with E-state index < -0.39 is 18.3 Å². The molecule has 0 aromatic carbocycles. The Bertz CT molecular complexity index is 134. The quantitative estimate of drug-likeness (QED) is 0.593. The average Bonchev–Trinajstić information content (AvgIpc) is 1.60. The Morgan fingerprint density at radius 1 is 1.50 bits per heavy atom. The molecule has 0 unspecified atom stereocenters. The lowest BCUT2D eigenvalue weighted by Crippen LogP contribution is -2.37. The molecule has 0 saturated heterocycles. The van der Waals surface area contributed by atoms with Crippen LogP contribution in [0.25, 0.3) is 0 Å². The zero-order valence-electron chi connectivity index (χ0n) is 6.32. The molecule has 0 amide bonds. The fraction of sp³-hybridized carbons (Fsp3) is 0.833. The van der Waals surface area contributed by atoms with E-state index in [4.69, 9.17) is 0 Å². The predicted octanol–water partition coefficient (Wildman–Crippen LogP) is 0.772. The molecule has 0 aliphatic rings. The second-order valence-electron chi connectivity index (χ2n) is 2.50. The normalized spacial score (nSPS) is 12.2. The van der Waals surface area contributed by atoms with Crippen LogP contribution in [0.2, 0.25) is 0 Å². The molecule has 4 heteroatoms. The highest BCUT2D eigenvalue weighted by Gasteiger charge is 2.35. The molecule has 0 spiro atoms. The first-order chi connectivity index (χ1) is 4.36. The monoisotopic (exact) mass is 151 g/mol. The molecule has 0 saturated carbocycles. The van der Waals surface area contributed by atoms with E-state index in [2.05, 4.69) is 0 Å². The van der Waals surface area contributed by atoms with Crippen molar-refractivity contribution < 1.29 is 13.6 Å².